The third-order valence-corrected chi connectivity index (χ3v) is 5.18. The SMILES string of the molecule is Cc1ccc(Nc2cc(C)nc(N3CCN(C(=O)c4ccc(F)cc4F)CC3)n2)cc1. The van der Waals surface area contributed by atoms with Crippen LogP contribution in [0.5, 0.6) is 0 Å². The molecule has 1 saturated heterocycles. The standard InChI is InChI=1S/C23H23F2N5O/c1-15-3-6-18(7-4-15)27-21-13-16(2)26-23(28-21)30-11-9-29(10-12-30)22(31)19-8-5-17(24)14-20(19)25/h3-8,13-14H,9-12H2,1-2H3,(H,26,27,28). The molecule has 0 spiro atoms. The average molecular weight is 423 g/mol. The van der Waals surface area contributed by atoms with Crippen LogP contribution in [0.15, 0.2) is 48.5 Å². The van der Waals surface area contributed by atoms with Crippen molar-refractivity contribution in [2.45, 2.75) is 13.8 Å². The lowest BCUT2D eigenvalue weighted by atomic mass is 10.1. The van der Waals surface area contributed by atoms with Crippen molar-refractivity contribution in [3.05, 3.63) is 77.0 Å². The fraction of sp³-hybridized carbons (Fsp3) is 0.261. The van der Waals surface area contributed by atoms with Gasteiger partial charge in [0, 0.05) is 49.7 Å². The molecule has 160 valence electrons. The highest BCUT2D eigenvalue weighted by atomic mass is 19.1. The van der Waals surface area contributed by atoms with E-state index in [9.17, 15) is 13.6 Å². The van der Waals surface area contributed by atoms with E-state index in [1.165, 1.54) is 11.6 Å². The van der Waals surface area contributed by atoms with Crippen LogP contribution in [0.3, 0.4) is 0 Å². The van der Waals surface area contributed by atoms with Gasteiger partial charge in [0.2, 0.25) is 5.95 Å². The second-order valence-electron chi connectivity index (χ2n) is 7.59. The molecule has 1 amide bonds. The maximum atomic E-state index is 14.0. The van der Waals surface area contributed by atoms with Gasteiger partial charge in [-0.2, -0.15) is 4.98 Å². The van der Waals surface area contributed by atoms with Crippen LogP contribution in [0.1, 0.15) is 21.6 Å². The minimum atomic E-state index is -0.846. The molecule has 0 bridgehead atoms. The van der Waals surface area contributed by atoms with Gasteiger partial charge in [0.25, 0.3) is 5.91 Å². The highest BCUT2D eigenvalue weighted by molar-refractivity contribution is 5.94. The van der Waals surface area contributed by atoms with Gasteiger partial charge in [-0.05, 0) is 38.1 Å². The van der Waals surface area contributed by atoms with E-state index >= 15 is 0 Å². The van der Waals surface area contributed by atoms with Gasteiger partial charge in [-0.25, -0.2) is 13.8 Å². The number of halogens is 2. The van der Waals surface area contributed by atoms with Crippen molar-refractivity contribution in [1.29, 1.82) is 0 Å². The van der Waals surface area contributed by atoms with Gasteiger partial charge in [0.15, 0.2) is 0 Å². The predicted molar refractivity (Wildman–Crippen MR) is 116 cm³/mol. The van der Waals surface area contributed by atoms with Gasteiger partial charge in [-0.1, -0.05) is 17.7 Å². The maximum absolute atomic E-state index is 14.0. The lowest BCUT2D eigenvalue weighted by Gasteiger charge is -2.35. The number of anilines is 3. The van der Waals surface area contributed by atoms with E-state index in [0.717, 1.165) is 23.5 Å². The first-order valence-corrected chi connectivity index (χ1v) is 10.1. The summed E-state index contributed by atoms with van der Waals surface area (Å²) in [5, 5.41) is 3.30. The van der Waals surface area contributed by atoms with Gasteiger partial charge >= 0.3 is 0 Å². The summed E-state index contributed by atoms with van der Waals surface area (Å²) in [6.07, 6.45) is 0. The number of aromatic nitrogens is 2. The topological polar surface area (TPSA) is 61.4 Å². The molecule has 6 nitrogen and oxygen atoms in total. The molecular formula is C23H23F2N5O. The summed E-state index contributed by atoms with van der Waals surface area (Å²) in [7, 11) is 0. The van der Waals surface area contributed by atoms with Crippen LogP contribution in [0.25, 0.3) is 0 Å². The van der Waals surface area contributed by atoms with E-state index in [2.05, 4.69) is 15.3 Å². The number of piperazine rings is 1. The molecule has 3 aromatic rings. The summed E-state index contributed by atoms with van der Waals surface area (Å²) in [5.74, 6) is -0.719. The van der Waals surface area contributed by atoms with E-state index in [-0.39, 0.29) is 5.56 Å². The average Bonchev–Trinajstić information content (AvgIpc) is 2.75. The van der Waals surface area contributed by atoms with E-state index in [0.29, 0.717) is 37.9 Å². The number of nitrogens with one attached hydrogen (secondary N) is 1. The zero-order valence-corrected chi connectivity index (χ0v) is 17.4. The van der Waals surface area contributed by atoms with Crippen LogP contribution in [0, 0.1) is 25.5 Å². The number of carbonyl (C=O) groups excluding carboxylic acids is 1. The summed E-state index contributed by atoms with van der Waals surface area (Å²) in [4.78, 5) is 25.3. The second kappa shape index (κ2) is 8.67. The Balaban J connectivity index is 1.44. The molecule has 0 saturated carbocycles. The summed E-state index contributed by atoms with van der Waals surface area (Å²) in [5.41, 5.74) is 2.82. The first-order chi connectivity index (χ1) is 14.9. The second-order valence-corrected chi connectivity index (χ2v) is 7.59. The lowest BCUT2D eigenvalue weighted by Crippen LogP contribution is -2.49. The van der Waals surface area contributed by atoms with Crippen molar-refractivity contribution < 1.29 is 13.6 Å². The first kappa shape index (κ1) is 20.7. The number of nitrogens with zero attached hydrogens (tertiary/aromatic N) is 4. The molecule has 2 heterocycles. The summed E-state index contributed by atoms with van der Waals surface area (Å²) >= 11 is 0. The summed E-state index contributed by atoms with van der Waals surface area (Å²) in [6, 6.07) is 12.9. The van der Waals surface area contributed by atoms with Gasteiger partial charge in [0.05, 0.1) is 5.56 Å². The number of rotatable bonds is 4. The molecular weight excluding hydrogens is 400 g/mol. The molecule has 2 aromatic carbocycles. The van der Waals surface area contributed by atoms with Crippen molar-refractivity contribution in [2.24, 2.45) is 0 Å². The Kier molecular flexibility index (Phi) is 5.79. The zero-order valence-electron chi connectivity index (χ0n) is 17.4. The van der Waals surface area contributed by atoms with Crippen LogP contribution in [-0.4, -0.2) is 47.0 Å². The molecule has 0 aliphatic carbocycles. The molecule has 1 fully saturated rings. The highest BCUT2D eigenvalue weighted by Crippen LogP contribution is 2.21. The van der Waals surface area contributed by atoms with Crippen molar-refractivity contribution in [2.75, 3.05) is 36.4 Å². The Morgan fingerprint density at radius 1 is 0.935 bits per heavy atom. The number of hydrogen-bond acceptors (Lipinski definition) is 5. The lowest BCUT2D eigenvalue weighted by molar-refractivity contribution is 0.0741. The quantitative estimate of drug-likeness (QED) is 0.685. The first-order valence-electron chi connectivity index (χ1n) is 10.1. The largest absolute Gasteiger partial charge is 0.340 e. The van der Waals surface area contributed by atoms with Crippen LogP contribution in [0.4, 0.5) is 26.2 Å². The number of amides is 1. The van der Waals surface area contributed by atoms with Crippen molar-refractivity contribution in [3.8, 4) is 0 Å². The molecule has 0 radical (unpaired) electrons. The van der Waals surface area contributed by atoms with Crippen LogP contribution < -0.4 is 10.2 Å². The molecule has 1 aliphatic heterocycles. The van der Waals surface area contributed by atoms with Gasteiger partial charge < -0.3 is 15.1 Å². The summed E-state index contributed by atoms with van der Waals surface area (Å²) < 4.78 is 27.1. The molecule has 0 unspecified atom stereocenters. The third-order valence-electron chi connectivity index (χ3n) is 5.18. The van der Waals surface area contributed by atoms with Crippen LogP contribution >= 0.6 is 0 Å². The Morgan fingerprint density at radius 3 is 2.32 bits per heavy atom. The fourth-order valence-corrected chi connectivity index (χ4v) is 3.49. The minimum Gasteiger partial charge on any atom is -0.340 e. The van der Waals surface area contributed by atoms with Gasteiger partial charge in [0.1, 0.15) is 17.5 Å². The molecule has 1 aliphatic rings. The van der Waals surface area contributed by atoms with Crippen LogP contribution in [0.2, 0.25) is 0 Å². The summed E-state index contributed by atoms with van der Waals surface area (Å²) in [6.45, 7) is 5.76. The monoisotopic (exact) mass is 423 g/mol. The Bertz CT molecular complexity index is 1100. The maximum Gasteiger partial charge on any atom is 0.256 e. The predicted octanol–water partition coefficient (Wildman–Crippen LogP) is 4.08. The third kappa shape index (κ3) is 4.79. The van der Waals surface area contributed by atoms with E-state index in [1.807, 2.05) is 49.1 Å². The number of carbonyl (C=O) groups is 1. The van der Waals surface area contributed by atoms with Crippen molar-refractivity contribution in [1.82, 2.24) is 14.9 Å². The van der Waals surface area contributed by atoms with E-state index < -0.39 is 17.5 Å². The van der Waals surface area contributed by atoms with Gasteiger partial charge in [-0.3, -0.25) is 4.79 Å². The van der Waals surface area contributed by atoms with Crippen LogP contribution in [-0.2, 0) is 0 Å². The smallest absolute Gasteiger partial charge is 0.256 e. The van der Waals surface area contributed by atoms with Crippen molar-refractivity contribution >= 4 is 23.4 Å². The zero-order chi connectivity index (χ0) is 22.0. The Morgan fingerprint density at radius 2 is 1.65 bits per heavy atom. The molecule has 4 rings (SSSR count). The Hall–Kier alpha value is -3.55. The minimum absolute atomic E-state index is 0.119. The molecule has 1 N–H and O–H groups in total. The van der Waals surface area contributed by atoms with E-state index in [4.69, 9.17) is 0 Å². The number of hydrogen-bond donors (Lipinski definition) is 1. The number of benzene rings is 2. The molecule has 0 atom stereocenters. The number of aryl methyl sites for hydroxylation is 2. The highest BCUT2D eigenvalue weighted by Gasteiger charge is 2.25. The molecule has 8 heteroatoms. The molecule has 31 heavy (non-hydrogen) atoms. The van der Waals surface area contributed by atoms with Gasteiger partial charge in [-0.15, -0.1) is 0 Å². The normalized spacial score (nSPS) is 13.9. The Labute approximate surface area is 179 Å². The van der Waals surface area contributed by atoms with Crippen molar-refractivity contribution in [3.63, 3.8) is 0 Å². The molecule has 1 aromatic heterocycles. The van der Waals surface area contributed by atoms with E-state index in [1.54, 1.807) is 4.90 Å². The fourth-order valence-electron chi connectivity index (χ4n) is 3.49.